The number of aromatic hydroxyl groups is 1. The first-order chi connectivity index (χ1) is 16.5. The van der Waals surface area contributed by atoms with Crippen LogP contribution in [0.1, 0.15) is 5.56 Å². The van der Waals surface area contributed by atoms with Gasteiger partial charge in [0.25, 0.3) is 0 Å². The number of aromatic nitrogens is 1. The van der Waals surface area contributed by atoms with Crippen LogP contribution in [-0.2, 0) is 4.79 Å². The third-order valence-electron chi connectivity index (χ3n) is 4.53. The lowest BCUT2D eigenvalue weighted by Crippen LogP contribution is -2.29. The van der Waals surface area contributed by atoms with E-state index in [1.54, 1.807) is 6.07 Å². The predicted octanol–water partition coefficient (Wildman–Crippen LogP) is 6.35. The van der Waals surface area contributed by atoms with Crippen molar-refractivity contribution in [2.24, 2.45) is 4.99 Å². The Kier molecular flexibility index (Phi) is 8.29. The normalized spacial score (nSPS) is 11.2. The first kappa shape index (κ1) is 24.3. The van der Waals surface area contributed by atoms with Gasteiger partial charge in [0.05, 0.1) is 33.2 Å². The summed E-state index contributed by atoms with van der Waals surface area (Å²) in [6, 6.07) is 18.1. The van der Waals surface area contributed by atoms with Crippen LogP contribution < -0.4 is 10.1 Å². The summed E-state index contributed by atoms with van der Waals surface area (Å²) in [6.45, 7) is 0.840. The van der Waals surface area contributed by atoms with Gasteiger partial charge < -0.3 is 15.2 Å². The lowest BCUT2D eigenvalue weighted by molar-refractivity contribution is -0.118. The second kappa shape index (κ2) is 11.6. The Morgan fingerprint density at radius 2 is 2.00 bits per heavy atom. The molecule has 0 atom stereocenters. The number of fused-ring (bicyclic) bond motifs is 1. The van der Waals surface area contributed by atoms with Crippen molar-refractivity contribution in [3.8, 4) is 11.5 Å². The first-order valence-electron chi connectivity index (χ1n) is 10.2. The van der Waals surface area contributed by atoms with E-state index in [1.807, 2.05) is 48.5 Å². The molecule has 0 spiro atoms. The molecule has 1 aromatic heterocycles. The molecule has 4 rings (SSSR count). The fourth-order valence-corrected chi connectivity index (χ4v) is 5.36. The number of amides is 1. The smallest absolute Gasteiger partial charge is 0.230 e. The minimum Gasteiger partial charge on any atom is -0.506 e. The van der Waals surface area contributed by atoms with E-state index in [0.717, 1.165) is 20.3 Å². The van der Waals surface area contributed by atoms with E-state index in [1.165, 1.54) is 35.4 Å². The number of hydrogen-bond donors (Lipinski definition) is 2. The summed E-state index contributed by atoms with van der Waals surface area (Å²) in [4.78, 5) is 21.1. The number of nitrogens with zero attached hydrogens (tertiary/aromatic N) is 2. The molecule has 0 unspecified atom stereocenters. The van der Waals surface area contributed by atoms with Crippen LogP contribution in [0.4, 0.5) is 5.69 Å². The molecule has 1 amide bonds. The predicted molar refractivity (Wildman–Crippen MR) is 141 cm³/mol. The van der Waals surface area contributed by atoms with Gasteiger partial charge in [0, 0.05) is 16.8 Å². The zero-order valence-corrected chi connectivity index (χ0v) is 20.8. The molecule has 4 aromatic rings. The number of phenols is 1. The van der Waals surface area contributed by atoms with Crippen molar-refractivity contribution < 1.29 is 14.6 Å². The number of hydrogen-bond acceptors (Lipinski definition) is 7. The van der Waals surface area contributed by atoms with Gasteiger partial charge in [0.1, 0.15) is 18.1 Å². The van der Waals surface area contributed by atoms with E-state index in [-0.39, 0.29) is 22.4 Å². The second-order valence-electron chi connectivity index (χ2n) is 7.02. The standard InChI is InChI=1S/C24H19Cl2N3O3S2/c25-16-10-15(23(31)19(26)11-16)13-28-17-6-7-20-21(12-17)34-24(29-20)33-14-22(30)27-8-9-32-18-4-2-1-3-5-18/h1-7,10-13,31H,8-9,14H2,(H,27,30). The SMILES string of the molecule is O=C(CSc1nc2ccc(N=Cc3cc(Cl)cc(Cl)c3O)cc2s1)NCCOc1ccccc1. The van der Waals surface area contributed by atoms with Gasteiger partial charge in [-0.15, -0.1) is 11.3 Å². The molecule has 0 saturated heterocycles. The molecule has 0 aliphatic rings. The Bertz CT molecular complexity index is 1330. The number of thiazole rings is 1. The molecule has 2 N–H and O–H groups in total. The van der Waals surface area contributed by atoms with Gasteiger partial charge in [-0.3, -0.25) is 9.79 Å². The quantitative estimate of drug-likeness (QED) is 0.149. The van der Waals surface area contributed by atoms with Crippen LogP contribution in [0.3, 0.4) is 0 Å². The van der Waals surface area contributed by atoms with E-state index in [4.69, 9.17) is 27.9 Å². The summed E-state index contributed by atoms with van der Waals surface area (Å²) in [5.74, 6) is 0.895. The number of benzene rings is 3. The number of aliphatic imine (C=N–C) groups is 1. The molecule has 34 heavy (non-hydrogen) atoms. The largest absolute Gasteiger partial charge is 0.506 e. The van der Waals surface area contributed by atoms with Crippen molar-refractivity contribution >= 4 is 74.3 Å². The highest BCUT2D eigenvalue weighted by Gasteiger charge is 2.09. The molecular weight excluding hydrogens is 513 g/mol. The Balaban J connectivity index is 1.30. The minimum absolute atomic E-state index is 0.0720. The van der Waals surface area contributed by atoms with Gasteiger partial charge in [-0.2, -0.15) is 0 Å². The molecule has 0 aliphatic carbocycles. The molecular formula is C24H19Cl2N3O3S2. The average molecular weight is 532 g/mol. The highest BCUT2D eigenvalue weighted by Crippen LogP contribution is 2.33. The number of halogens is 2. The number of ether oxygens (including phenoxy) is 1. The molecule has 10 heteroatoms. The zero-order chi connectivity index (χ0) is 23.9. The van der Waals surface area contributed by atoms with E-state index >= 15 is 0 Å². The third kappa shape index (κ3) is 6.64. The molecule has 174 valence electrons. The highest BCUT2D eigenvalue weighted by atomic mass is 35.5. The summed E-state index contributed by atoms with van der Waals surface area (Å²) in [5.41, 5.74) is 1.95. The van der Waals surface area contributed by atoms with E-state index in [9.17, 15) is 9.90 Å². The second-order valence-corrected chi connectivity index (χ2v) is 10.1. The number of carbonyl (C=O) groups excluding carboxylic acids is 1. The molecule has 0 aliphatic heterocycles. The fraction of sp³-hybridized carbons (Fsp3) is 0.125. The summed E-state index contributed by atoms with van der Waals surface area (Å²) in [5, 5.41) is 13.5. The molecule has 6 nitrogen and oxygen atoms in total. The molecule has 0 bridgehead atoms. The van der Waals surface area contributed by atoms with Crippen LogP contribution in [0.15, 0.2) is 70.0 Å². The van der Waals surface area contributed by atoms with Gasteiger partial charge in [-0.25, -0.2) is 4.98 Å². The Labute approximate surface area is 214 Å². The maximum atomic E-state index is 12.1. The molecule has 3 aromatic carbocycles. The van der Waals surface area contributed by atoms with Crippen molar-refractivity contribution in [3.63, 3.8) is 0 Å². The van der Waals surface area contributed by atoms with Crippen LogP contribution in [0.25, 0.3) is 10.2 Å². The summed E-state index contributed by atoms with van der Waals surface area (Å²) in [7, 11) is 0. The van der Waals surface area contributed by atoms with Crippen molar-refractivity contribution in [1.29, 1.82) is 0 Å². The van der Waals surface area contributed by atoms with Gasteiger partial charge in [-0.1, -0.05) is 53.2 Å². The van der Waals surface area contributed by atoms with Crippen LogP contribution >= 0.6 is 46.3 Å². The van der Waals surface area contributed by atoms with Crippen LogP contribution in [0.5, 0.6) is 11.5 Å². The first-order valence-corrected chi connectivity index (χ1v) is 12.7. The van der Waals surface area contributed by atoms with Gasteiger partial charge in [0.2, 0.25) is 5.91 Å². The Hall–Kier alpha value is -2.78. The number of para-hydroxylation sites is 1. The van der Waals surface area contributed by atoms with Crippen molar-refractivity contribution in [2.75, 3.05) is 18.9 Å². The minimum atomic E-state index is -0.0776. The van der Waals surface area contributed by atoms with Crippen LogP contribution in [-0.4, -0.2) is 41.1 Å². The van der Waals surface area contributed by atoms with Crippen molar-refractivity contribution in [2.45, 2.75) is 4.34 Å². The number of rotatable bonds is 9. The Morgan fingerprint density at radius 3 is 2.82 bits per heavy atom. The summed E-state index contributed by atoms with van der Waals surface area (Å²) in [6.07, 6.45) is 1.51. The van der Waals surface area contributed by atoms with E-state index < -0.39 is 0 Å². The van der Waals surface area contributed by atoms with Gasteiger partial charge in [0.15, 0.2) is 4.34 Å². The summed E-state index contributed by atoms with van der Waals surface area (Å²) >= 11 is 14.8. The lowest BCUT2D eigenvalue weighted by Gasteiger charge is -2.07. The highest BCUT2D eigenvalue weighted by molar-refractivity contribution is 8.01. The maximum absolute atomic E-state index is 12.1. The van der Waals surface area contributed by atoms with Crippen molar-refractivity contribution in [1.82, 2.24) is 10.3 Å². The topological polar surface area (TPSA) is 83.8 Å². The number of phenolic OH excluding ortho intramolecular Hbond substituents is 1. The van der Waals surface area contributed by atoms with Gasteiger partial charge in [-0.05, 0) is 42.5 Å². The van der Waals surface area contributed by atoms with Crippen molar-refractivity contribution in [3.05, 3.63) is 76.3 Å². The fourth-order valence-electron chi connectivity index (χ4n) is 2.92. The third-order valence-corrected chi connectivity index (χ3v) is 7.19. The molecule has 1 heterocycles. The zero-order valence-electron chi connectivity index (χ0n) is 17.7. The number of thioether (sulfide) groups is 1. The van der Waals surface area contributed by atoms with Gasteiger partial charge >= 0.3 is 0 Å². The van der Waals surface area contributed by atoms with Crippen LogP contribution in [0.2, 0.25) is 10.0 Å². The molecule has 0 fully saturated rings. The van der Waals surface area contributed by atoms with Crippen LogP contribution in [0, 0.1) is 0 Å². The summed E-state index contributed by atoms with van der Waals surface area (Å²) < 4.78 is 7.31. The maximum Gasteiger partial charge on any atom is 0.230 e. The van der Waals surface area contributed by atoms with E-state index in [0.29, 0.717) is 29.4 Å². The van der Waals surface area contributed by atoms with E-state index in [2.05, 4.69) is 15.3 Å². The number of carbonyl (C=O) groups is 1. The molecule has 0 radical (unpaired) electrons. The number of nitrogens with one attached hydrogen (secondary N) is 1. The lowest BCUT2D eigenvalue weighted by atomic mass is 10.2. The monoisotopic (exact) mass is 531 g/mol. The Morgan fingerprint density at radius 1 is 1.18 bits per heavy atom. The molecule has 0 saturated carbocycles. The average Bonchev–Trinajstić information content (AvgIpc) is 3.25.